The molecule has 0 amide bonds. The molecule has 0 unspecified atom stereocenters. The Morgan fingerprint density at radius 2 is 2.31 bits per heavy atom. The number of nitrogens with one attached hydrogen (secondary N) is 1. The zero-order valence-electron chi connectivity index (χ0n) is 6.73. The fourth-order valence-corrected chi connectivity index (χ4v) is 1.99. The van der Waals surface area contributed by atoms with Crippen LogP contribution in [0.5, 0.6) is 5.75 Å². The van der Waals surface area contributed by atoms with E-state index in [4.69, 9.17) is 14.7 Å². The molecule has 0 radical (unpaired) electrons. The zero-order chi connectivity index (χ0) is 9.26. The van der Waals surface area contributed by atoms with Crippen LogP contribution in [-0.4, -0.2) is 23.2 Å². The molecule has 0 aliphatic carbocycles. The normalized spacial score (nSPS) is 13.4. The highest BCUT2D eigenvalue weighted by Crippen LogP contribution is 2.35. The van der Waals surface area contributed by atoms with Crippen molar-refractivity contribution in [2.75, 3.05) is 11.2 Å². The van der Waals surface area contributed by atoms with Gasteiger partial charge in [0, 0.05) is 11.0 Å². The molecule has 4 nitrogen and oxygen atoms in total. The van der Waals surface area contributed by atoms with Crippen LogP contribution in [0.2, 0.25) is 0 Å². The summed E-state index contributed by atoms with van der Waals surface area (Å²) in [5.41, 5.74) is 0.975. The van der Waals surface area contributed by atoms with Crippen molar-refractivity contribution in [3.05, 3.63) is 18.2 Å². The van der Waals surface area contributed by atoms with E-state index in [1.54, 1.807) is 23.9 Å². The highest BCUT2D eigenvalue weighted by Gasteiger charge is 2.15. The summed E-state index contributed by atoms with van der Waals surface area (Å²) in [5.74, 6) is 1.30. The summed E-state index contributed by atoms with van der Waals surface area (Å²) in [7, 11) is -1.76. The fourth-order valence-electron chi connectivity index (χ4n) is 1.16. The molecule has 1 aliphatic heterocycles. The molecule has 0 atom stereocenters. The smallest absolute Gasteiger partial charge is 0.512 e. The molecule has 3 N–H and O–H groups in total. The Morgan fingerprint density at radius 3 is 3.08 bits per heavy atom. The summed E-state index contributed by atoms with van der Waals surface area (Å²) in [6, 6.07) is 5.34. The third-order valence-corrected chi connectivity index (χ3v) is 2.64. The van der Waals surface area contributed by atoms with Crippen LogP contribution in [0.1, 0.15) is 0 Å². The Balaban J connectivity index is 2.21. The Bertz CT molecular complexity index is 321. The molecule has 6 heteroatoms. The molecule has 68 valence electrons. The van der Waals surface area contributed by atoms with Gasteiger partial charge >= 0.3 is 7.32 Å². The van der Waals surface area contributed by atoms with Gasteiger partial charge in [-0.05, 0) is 12.1 Å². The monoisotopic (exact) mass is 197 g/mol. The quantitative estimate of drug-likeness (QED) is 0.603. The molecular formula is C7H8BNO3S. The van der Waals surface area contributed by atoms with Crippen LogP contribution in [0.25, 0.3) is 0 Å². The number of rotatable bonds is 2. The standard InChI is InChI=1S/C7H8BNO3S/c10-8(11)12-5-1-2-7-6(3-5)9-4-13-7/h1-3,9-11H,4H2. The Morgan fingerprint density at radius 1 is 1.46 bits per heavy atom. The first-order chi connectivity index (χ1) is 6.25. The molecule has 13 heavy (non-hydrogen) atoms. The largest absolute Gasteiger partial charge is 0.707 e. The van der Waals surface area contributed by atoms with Crippen molar-refractivity contribution < 1.29 is 14.7 Å². The van der Waals surface area contributed by atoms with Crippen molar-refractivity contribution in [2.24, 2.45) is 0 Å². The molecule has 1 aliphatic rings. The molecule has 0 aromatic heterocycles. The van der Waals surface area contributed by atoms with Crippen molar-refractivity contribution in [1.82, 2.24) is 0 Å². The van der Waals surface area contributed by atoms with E-state index < -0.39 is 7.32 Å². The van der Waals surface area contributed by atoms with Crippen LogP contribution in [0.4, 0.5) is 5.69 Å². The molecule has 0 bridgehead atoms. The van der Waals surface area contributed by atoms with Gasteiger partial charge in [0.15, 0.2) is 0 Å². The highest BCUT2D eigenvalue weighted by molar-refractivity contribution is 7.99. The van der Waals surface area contributed by atoms with Crippen LogP contribution in [0.3, 0.4) is 0 Å². The van der Waals surface area contributed by atoms with Crippen molar-refractivity contribution in [2.45, 2.75) is 4.90 Å². The molecular weight excluding hydrogens is 189 g/mol. The lowest BCUT2D eigenvalue weighted by Crippen LogP contribution is -2.20. The molecule has 0 saturated heterocycles. The minimum atomic E-state index is -1.76. The van der Waals surface area contributed by atoms with Crippen molar-refractivity contribution >= 4 is 24.8 Å². The van der Waals surface area contributed by atoms with E-state index in [2.05, 4.69) is 5.32 Å². The van der Waals surface area contributed by atoms with Crippen LogP contribution >= 0.6 is 11.8 Å². The summed E-state index contributed by atoms with van der Waals surface area (Å²) in [6.07, 6.45) is 0. The Labute approximate surface area is 80.1 Å². The van der Waals surface area contributed by atoms with Gasteiger partial charge in [0.25, 0.3) is 0 Å². The number of hydrogen-bond acceptors (Lipinski definition) is 5. The van der Waals surface area contributed by atoms with E-state index in [1.807, 2.05) is 6.07 Å². The number of fused-ring (bicyclic) bond motifs is 1. The topological polar surface area (TPSA) is 61.7 Å². The number of thioether (sulfide) groups is 1. The molecule has 1 aromatic carbocycles. The molecule has 0 spiro atoms. The van der Waals surface area contributed by atoms with E-state index in [1.165, 1.54) is 0 Å². The van der Waals surface area contributed by atoms with Gasteiger partial charge in [-0.2, -0.15) is 0 Å². The molecule has 0 saturated carbocycles. The van der Waals surface area contributed by atoms with Gasteiger partial charge in [-0.25, -0.2) is 0 Å². The highest BCUT2D eigenvalue weighted by atomic mass is 32.2. The lowest BCUT2D eigenvalue weighted by Gasteiger charge is -2.05. The second-order valence-corrected chi connectivity index (χ2v) is 3.58. The number of anilines is 1. The van der Waals surface area contributed by atoms with E-state index in [0.717, 1.165) is 16.5 Å². The van der Waals surface area contributed by atoms with Gasteiger partial charge in [-0.3, -0.25) is 0 Å². The van der Waals surface area contributed by atoms with Gasteiger partial charge in [-0.15, -0.1) is 11.8 Å². The average Bonchev–Trinajstić information content (AvgIpc) is 2.49. The zero-order valence-corrected chi connectivity index (χ0v) is 7.54. The van der Waals surface area contributed by atoms with E-state index >= 15 is 0 Å². The van der Waals surface area contributed by atoms with Crippen LogP contribution < -0.4 is 9.97 Å². The van der Waals surface area contributed by atoms with Crippen molar-refractivity contribution in [3.8, 4) is 5.75 Å². The summed E-state index contributed by atoms with van der Waals surface area (Å²) >= 11 is 1.70. The molecule has 0 fully saturated rings. The maximum atomic E-state index is 8.56. The van der Waals surface area contributed by atoms with Crippen molar-refractivity contribution in [1.29, 1.82) is 0 Å². The molecule has 2 rings (SSSR count). The molecule has 1 aromatic rings. The van der Waals surface area contributed by atoms with Crippen LogP contribution in [0, 0.1) is 0 Å². The van der Waals surface area contributed by atoms with Gasteiger partial charge in [0.2, 0.25) is 0 Å². The molecule has 1 heterocycles. The summed E-state index contributed by atoms with van der Waals surface area (Å²) in [6.45, 7) is 0. The minimum absolute atomic E-state index is 0.448. The first-order valence-electron chi connectivity index (χ1n) is 3.79. The lowest BCUT2D eigenvalue weighted by molar-refractivity contribution is 0.288. The predicted molar refractivity (Wildman–Crippen MR) is 51.6 cm³/mol. The van der Waals surface area contributed by atoms with Gasteiger partial charge in [-0.1, -0.05) is 0 Å². The summed E-state index contributed by atoms with van der Waals surface area (Å²) < 4.78 is 4.70. The first-order valence-corrected chi connectivity index (χ1v) is 4.78. The number of hydrogen-bond donors (Lipinski definition) is 3. The maximum Gasteiger partial charge on any atom is 0.707 e. The minimum Gasteiger partial charge on any atom is -0.512 e. The Hall–Kier alpha value is -0.845. The predicted octanol–water partition coefficient (Wildman–Crippen LogP) is 0.510. The van der Waals surface area contributed by atoms with Gasteiger partial charge in [0.05, 0.1) is 11.6 Å². The van der Waals surface area contributed by atoms with E-state index in [-0.39, 0.29) is 0 Å². The number of benzene rings is 1. The van der Waals surface area contributed by atoms with E-state index in [9.17, 15) is 0 Å². The van der Waals surface area contributed by atoms with Gasteiger partial charge in [0.1, 0.15) is 5.75 Å². The lowest BCUT2D eigenvalue weighted by atomic mass is 10.2. The summed E-state index contributed by atoms with van der Waals surface area (Å²) in [5, 5.41) is 20.3. The third kappa shape index (κ3) is 1.90. The van der Waals surface area contributed by atoms with Crippen molar-refractivity contribution in [3.63, 3.8) is 0 Å². The van der Waals surface area contributed by atoms with Gasteiger partial charge < -0.3 is 20.0 Å². The van der Waals surface area contributed by atoms with Crippen LogP contribution in [0.15, 0.2) is 23.1 Å². The second-order valence-electron chi connectivity index (χ2n) is 2.57. The van der Waals surface area contributed by atoms with Crippen LogP contribution in [-0.2, 0) is 0 Å². The third-order valence-electron chi connectivity index (χ3n) is 1.68. The maximum absolute atomic E-state index is 8.56. The SMILES string of the molecule is OB(O)Oc1ccc2c(c1)NCS2. The fraction of sp³-hybridized carbons (Fsp3) is 0.143. The first kappa shape index (κ1) is 8.74. The second kappa shape index (κ2) is 3.49. The average molecular weight is 197 g/mol. The van der Waals surface area contributed by atoms with E-state index in [0.29, 0.717) is 5.75 Å². The Kier molecular flexibility index (Phi) is 2.35. The summed E-state index contributed by atoms with van der Waals surface area (Å²) in [4.78, 5) is 1.15.